The minimum Gasteiger partial charge on any atom is -0.480 e. The molecular formula is C60H69N5O4Si. The molecule has 0 fully saturated rings. The van der Waals surface area contributed by atoms with E-state index < -0.39 is 13.7 Å². The van der Waals surface area contributed by atoms with Gasteiger partial charge in [0.25, 0.3) is 0 Å². The van der Waals surface area contributed by atoms with E-state index in [1.807, 2.05) is 86.7 Å². The molecule has 2 aliphatic heterocycles. The fraction of sp³-hybridized carbons (Fsp3) is 0.400. The Kier molecular flexibility index (Phi) is 16.7. The lowest BCUT2D eigenvalue weighted by Gasteiger charge is -2.36. The predicted molar refractivity (Wildman–Crippen MR) is 284 cm³/mol. The van der Waals surface area contributed by atoms with E-state index in [-0.39, 0.29) is 46.2 Å². The maximum atomic E-state index is 13.0. The number of benzene rings is 3. The number of carbonyl (C=O) groups is 1. The molecule has 1 atom stereocenters. The molecule has 70 heavy (non-hydrogen) atoms. The number of hydrogen-bond acceptors (Lipinski definition) is 8. The summed E-state index contributed by atoms with van der Waals surface area (Å²) in [6.45, 7) is 22.6. The minimum atomic E-state index is -1.48. The first-order valence-corrected chi connectivity index (χ1v) is 28.1. The van der Waals surface area contributed by atoms with Gasteiger partial charge in [-0.1, -0.05) is 115 Å². The van der Waals surface area contributed by atoms with Gasteiger partial charge in [0.2, 0.25) is 5.91 Å². The Morgan fingerprint density at radius 2 is 1.60 bits per heavy atom. The van der Waals surface area contributed by atoms with Crippen LogP contribution in [0.5, 0.6) is 5.75 Å². The molecule has 3 aromatic carbocycles. The van der Waals surface area contributed by atoms with Crippen LogP contribution in [0.1, 0.15) is 110 Å². The normalized spacial score (nSPS) is 18.5. The first-order chi connectivity index (χ1) is 33.2. The molecule has 10 heteroatoms. The Labute approximate surface area is 418 Å². The van der Waals surface area contributed by atoms with Gasteiger partial charge < -0.3 is 24.8 Å². The van der Waals surface area contributed by atoms with Crippen molar-refractivity contribution < 1.29 is 19.4 Å². The van der Waals surface area contributed by atoms with E-state index in [9.17, 15) is 25.7 Å². The van der Waals surface area contributed by atoms with E-state index in [0.717, 1.165) is 72.4 Å². The molecule has 2 heterocycles. The highest BCUT2D eigenvalue weighted by Crippen LogP contribution is 2.49. The van der Waals surface area contributed by atoms with Crippen molar-refractivity contribution in [2.45, 2.75) is 130 Å². The molecule has 0 radical (unpaired) electrons. The Morgan fingerprint density at radius 1 is 0.900 bits per heavy atom. The minimum absolute atomic E-state index is 0.00310. The maximum absolute atomic E-state index is 13.0. The Balaban J connectivity index is 1.33. The summed E-state index contributed by atoms with van der Waals surface area (Å²) in [5.74, 6) is 4.94. The second kappa shape index (κ2) is 22.3. The number of ether oxygens (including phenoxy) is 2. The van der Waals surface area contributed by atoms with Crippen LogP contribution in [-0.4, -0.2) is 37.8 Å². The van der Waals surface area contributed by atoms with Crippen LogP contribution in [0.3, 0.4) is 0 Å². The number of aliphatic hydroxyl groups excluding tert-OH is 1. The van der Waals surface area contributed by atoms with Crippen LogP contribution in [0.15, 0.2) is 142 Å². The van der Waals surface area contributed by atoms with Crippen molar-refractivity contribution in [3.8, 4) is 35.4 Å². The molecule has 1 unspecified atom stereocenters. The van der Waals surface area contributed by atoms with Crippen LogP contribution in [0, 0.1) is 56.8 Å². The van der Waals surface area contributed by atoms with Crippen LogP contribution < -0.4 is 15.0 Å². The van der Waals surface area contributed by atoms with Gasteiger partial charge >= 0.3 is 0 Å². The number of anilines is 2. The summed E-state index contributed by atoms with van der Waals surface area (Å²) < 4.78 is 13.1. The number of aryl methyl sites for hydroxylation is 1. The van der Waals surface area contributed by atoms with Gasteiger partial charge in [0.15, 0.2) is 11.3 Å². The maximum Gasteiger partial charge on any atom is 0.224 e. The molecule has 0 spiro atoms. The van der Waals surface area contributed by atoms with Gasteiger partial charge in [0, 0.05) is 53.2 Å². The summed E-state index contributed by atoms with van der Waals surface area (Å²) in [6.07, 6.45) is 14.3. The van der Waals surface area contributed by atoms with Gasteiger partial charge in [-0.05, 0) is 135 Å². The van der Waals surface area contributed by atoms with Crippen LogP contribution in [0.4, 0.5) is 11.4 Å². The molecule has 3 aliphatic rings. The first-order valence-electron chi connectivity index (χ1n) is 24.6. The van der Waals surface area contributed by atoms with Crippen LogP contribution in [-0.2, 0) is 21.4 Å². The molecule has 0 aromatic heterocycles. The van der Waals surface area contributed by atoms with Gasteiger partial charge in [0.1, 0.15) is 49.0 Å². The third-order valence-corrected chi connectivity index (χ3v) is 14.2. The predicted octanol–water partition coefficient (Wildman–Crippen LogP) is 13.2. The largest absolute Gasteiger partial charge is 0.480 e. The number of hydrogen-bond donors (Lipinski definition) is 2. The van der Waals surface area contributed by atoms with Crippen molar-refractivity contribution >= 4 is 25.4 Å². The van der Waals surface area contributed by atoms with Crippen LogP contribution in [0.2, 0.25) is 19.6 Å². The highest BCUT2D eigenvalue weighted by atomic mass is 28.3. The molecule has 0 saturated heterocycles. The average molecular weight is 952 g/mol. The van der Waals surface area contributed by atoms with Gasteiger partial charge in [-0.15, -0.1) is 5.54 Å². The third kappa shape index (κ3) is 12.9. The number of nitrogens with zero attached hydrogens (tertiary/aromatic N) is 4. The number of para-hydroxylation sites is 1. The second-order valence-electron chi connectivity index (χ2n) is 21.6. The van der Waals surface area contributed by atoms with Gasteiger partial charge in [-0.25, -0.2) is 0 Å². The number of fused-ring (bicyclic) bond motifs is 1. The average Bonchev–Trinajstić information content (AvgIpc) is 3.70. The quantitative estimate of drug-likeness (QED) is 0.0664. The Hall–Kier alpha value is -6.82. The summed E-state index contributed by atoms with van der Waals surface area (Å²) in [6, 6.07) is 30.5. The highest BCUT2D eigenvalue weighted by molar-refractivity contribution is 6.83. The van der Waals surface area contributed by atoms with E-state index in [1.165, 1.54) is 16.9 Å². The van der Waals surface area contributed by atoms with Crippen LogP contribution >= 0.6 is 0 Å². The second-order valence-corrected chi connectivity index (χ2v) is 26.4. The van der Waals surface area contributed by atoms with Gasteiger partial charge in [0.05, 0.1) is 0 Å². The van der Waals surface area contributed by atoms with E-state index in [2.05, 4.69) is 118 Å². The van der Waals surface area contributed by atoms with Gasteiger partial charge in [-0.2, -0.15) is 15.8 Å². The summed E-state index contributed by atoms with van der Waals surface area (Å²) in [4.78, 5) is 15.5. The topological polar surface area (TPSA) is 142 Å². The fourth-order valence-corrected chi connectivity index (χ4v) is 9.75. The van der Waals surface area contributed by atoms with E-state index in [1.54, 1.807) is 0 Å². The van der Waals surface area contributed by atoms with E-state index >= 15 is 0 Å². The van der Waals surface area contributed by atoms with Crippen molar-refractivity contribution in [2.75, 3.05) is 23.4 Å². The lowest BCUT2D eigenvalue weighted by Crippen LogP contribution is -2.28. The van der Waals surface area contributed by atoms with Crippen molar-refractivity contribution in [3.05, 3.63) is 159 Å². The zero-order valence-electron chi connectivity index (χ0n) is 42.8. The van der Waals surface area contributed by atoms with Crippen molar-refractivity contribution in [3.63, 3.8) is 0 Å². The zero-order valence-corrected chi connectivity index (χ0v) is 43.8. The molecule has 3 aromatic rings. The standard InChI is InChI=1S/C60H69N5O4Si/c1-58(2,3)47-37-44(25-31-51-50(41-63)57(46(39-61)40-62)69-60(51,6)7)56(68-49-29-23-42(24-30-49)17-16-35-66)45(38-47)26-32-54-59(4,5)52-18-13-14-19-53(52)65(54)34-15-11-12-20-55(67)64-48-27-21-43(22-28-48)33-36-70(8,9)10/h13-14,18-19,21-32,47,66H,11-12,15-17,20,34-35,37-38H2,1-10H3,(H,64,67). The van der Waals surface area contributed by atoms with E-state index in [4.69, 9.17) is 9.47 Å². The molecule has 0 saturated carbocycles. The highest BCUT2D eigenvalue weighted by Gasteiger charge is 2.41. The fourth-order valence-electron chi connectivity index (χ4n) is 9.23. The lowest BCUT2D eigenvalue weighted by molar-refractivity contribution is -0.116. The van der Waals surface area contributed by atoms with Crippen molar-refractivity contribution in [1.29, 1.82) is 15.8 Å². The van der Waals surface area contributed by atoms with Crippen LogP contribution in [0.25, 0.3) is 0 Å². The monoisotopic (exact) mass is 952 g/mol. The number of aliphatic hydroxyl groups is 1. The molecule has 6 rings (SSSR count). The number of rotatable bonds is 15. The number of nitriles is 3. The summed E-state index contributed by atoms with van der Waals surface area (Å²) >= 11 is 0. The zero-order chi connectivity index (χ0) is 50.9. The number of unbranched alkanes of at least 4 members (excludes halogenated alkanes) is 2. The van der Waals surface area contributed by atoms with Gasteiger partial charge in [-0.3, -0.25) is 4.79 Å². The van der Waals surface area contributed by atoms with Crippen molar-refractivity contribution in [2.24, 2.45) is 11.3 Å². The van der Waals surface area contributed by atoms with Crippen molar-refractivity contribution in [1.82, 2.24) is 0 Å². The lowest BCUT2D eigenvalue weighted by atomic mass is 9.70. The number of allylic oxidation sites excluding steroid dienone is 8. The van der Waals surface area contributed by atoms with E-state index in [0.29, 0.717) is 30.6 Å². The molecule has 9 nitrogen and oxygen atoms in total. The summed E-state index contributed by atoms with van der Waals surface area (Å²) in [5, 5.41) is 42.3. The molecular weight excluding hydrogens is 883 g/mol. The molecule has 0 bridgehead atoms. The SMILES string of the molecule is CC1(C)OC(=C(C#N)C#N)C(C#N)=C1C=CC1=C(Oc2ccc(CCCO)cc2)C(=CC=C2N(CCCCCC(=O)Nc3ccc(C#C[Si](C)(C)C)cc3)c3ccccc3C2(C)C)CC(C(C)(C)C)C1. The summed E-state index contributed by atoms with van der Waals surface area (Å²) in [7, 11) is -1.48. The number of nitrogens with one attached hydrogen (secondary N) is 1. The number of carbonyl (C=O) groups excluding carboxylic acids is 1. The third-order valence-electron chi connectivity index (χ3n) is 13.3. The first kappa shape index (κ1) is 52.5. The number of amides is 1. The molecule has 362 valence electrons. The summed E-state index contributed by atoms with van der Waals surface area (Å²) in [5.41, 5.74) is 11.0. The molecule has 2 N–H and O–H groups in total. The molecule has 1 aliphatic carbocycles. The smallest absolute Gasteiger partial charge is 0.224 e. The molecule has 1 amide bonds. The Morgan fingerprint density at radius 3 is 2.24 bits per heavy atom. The Bertz CT molecular complexity index is 2810.